The van der Waals surface area contributed by atoms with Crippen LogP contribution in [0.4, 0.5) is 11.4 Å². The smallest absolute Gasteiger partial charge is 0.293 e. The van der Waals surface area contributed by atoms with E-state index in [9.17, 15) is 10.1 Å². The standard InChI is InChI=1S/C13H15N3O3/c1-9(11-4-5-19-8-11)15-12-3-2-10(7-14)6-13(12)16(17)18/h2-3,6,9,11,15H,4-5,8H2,1H3. The summed E-state index contributed by atoms with van der Waals surface area (Å²) in [6.07, 6.45) is 0.957. The number of nitrogens with zero attached hydrogens (tertiary/aromatic N) is 2. The molecule has 0 aromatic heterocycles. The monoisotopic (exact) mass is 261 g/mol. The van der Waals surface area contributed by atoms with Crippen LogP contribution in [-0.4, -0.2) is 24.2 Å². The van der Waals surface area contributed by atoms with Crippen LogP contribution in [0.25, 0.3) is 0 Å². The van der Waals surface area contributed by atoms with Crippen molar-refractivity contribution in [2.24, 2.45) is 5.92 Å². The summed E-state index contributed by atoms with van der Waals surface area (Å²) in [4.78, 5) is 10.6. The van der Waals surface area contributed by atoms with Gasteiger partial charge in [-0.3, -0.25) is 10.1 Å². The average Bonchev–Trinajstić information content (AvgIpc) is 2.92. The molecule has 0 spiro atoms. The third-order valence-corrected chi connectivity index (χ3v) is 3.38. The van der Waals surface area contributed by atoms with E-state index in [4.69, 9.17) is 10.00 Å². The van der Waals surface area contributed by atoms with E-state index in [0.29, 0.717) is 18.2 Å². The molecule has 0 bridgehead atoms. The molecule has 0 radical (unpaired) electrons. The zero-order chi connectivity index (χ0) is 13.8. The number of nitro benzene ring substituents is 1. The molecule has 2 rings (SSSR count). The fourth-order valence-corrected chi connectivity index (χ4v) is 2.18. The van der Waals surface area contributed by atoms with Gasteiger partial charge >= 0.3 is 0 Å². The number of anilines is 1. The highest BCUT2D eigenvalue weighted by molar-refractivity contribution is 5.64. The largest absolute Gasteiger partial charge is 0.381 e. The van der Waals surface area contributed by atoms with Gasteiger partial charge in [0.25, 0.3) is 5.69 Å². The molecule has 100 valence electrons. The average molecular weight is 261 g/mol. The Balaban J connectivity index is 2.19. The SMILES string of the molecule is CC(Nc1ccc(C#N)cc1[N+](=O)[O-])C1CCOC1. The van der Waals surface area contributed by atoms with Crippen molar-refractivity contribution in [1.29, 1.82) is 5.26 Å². The van der Waals surface area contributed by atoms with Crippen molar-refractivity contribution >= 4 is 11.4 Å². The van der Waals surface area contributed by atoms with Crippen LogP contribution in [0, 0.1) is 27.4 Å². The lowest BCUT2D eigenvalue weighted by Gasteiger charge is -2.20. The molecule has 0 aliphatic carbocycles. The van der Waals surface area contributed by atoms with Crippen LogP contribution < -0.4 is 5.32 Å². The van der Waals surface area contributed by atoms with Gasteiger partial charge in [-0.25, -0.2) is 0 Å². The van der Waals surface area contributed by atoms with E-state index < -0.39 is 4.92 Å². The Morgan fingerprint density at radius 2 is 2.42 bits per heavy atom. The van der Waals surface area contributed by atoms with Crippen LogP contribution in [0.15, 0.2) is 18.2 Å². The van der Waals surface area contributed by atoms with Crippen molar-refractivity contribution < 1.29 is 9.66 Å². The highest BCUT2D eigenvalue weighted by atomic mass is 16.6. The van der Waals surface area contributed by atoms with E-state index >= 15 is 0 Å². The van der Waals surface area contributed by atoms with Crippen LogP contribution in [0.2, 0.25) is 0 Å². The maximum absolute atomic E-state index is 11.0. The Labute approximate surface area is 111 Å². The van der Waals surface area contributed by atoms with E-state index in [1.54, 1.807) is 12.1 Å². The van der Waals surface area contributed by atoms with Crippen molar-refractivity contribution in [2.75, 3.05) is 18.5 Å². The first-order valence-electron chi connectivity index (χ1n) is 6.14. The van der Waals surface area contributed by atoms with Crippen molar-refractivity contribution in [1.82, 2.24) is 0 Å². The van der Waals surface area contributed by atoms with Crippen LogP contribution in [0.5, 0.6) is 0 Å². The van der Waals surface area contributed by atoms with Gasteiger partial charge in [0.1, 0.15) is 5.69 Å². The lowest BCUT2D eigenvalue weighted by molar-refractivity contribution is -0.384. The molecule has 19 heavy (non-hydrogen) atoms. The molecule has 6 nitrogen and oxygen atoms in total. The summed E-state index contributed by atoms with van der Waals surface area (Å²) in [6.45, 7) is 3.41. The second-order valence-electron chi connectivity index (χ2n) is 4.66. The quantitative estimate of drug-likeness (QED) is 0.663. The predicted molar refractivity (Wildman–Crippen MR) is 69.8 cm³/mol. The van der Waals surface area contributed by atoms with Crippen molar-refractivity contribution in [2.45, 2.75) is 19.4 Å². The fourth-order valence-electron chi connectivity index (χ4n) is 2.18. The molecule has 1 saturated heterocycles. The van der Waals surface area contributed by atoms with E-state index in [1.165, 1.54) is 6.07 Å². The minimum Gasteiger partial charge on any atom is -0.381 e. The Kier molecular flexibility index (Phi) is 3.97. The maximum Gasteiger partial charge on any atom is 0.293 e. The number of hydrogen-bond donors (Lipinski definition) is 1. The summed E-state index contributed by atoms with van der Waals surface area (Å²) in [7, 11) is 0. The molecule has 0 amide bonds. The van der Waals surface area contributed by atoms with Gasteiger partial charge in [-0.1, -0.05) is 0 Å². The molecule has 1 aromatic rings. The molecule has 1 aliphatic rings. The topological polar surface area (TPSA) is 88.2 Å². The van der Waals surface area contributed by atoms with E-state index in [-0.39, 0.29) is 17.3 Å². The lowest BCUT2D eigenvalue weighted by Crippen LogP contribution is -2.26. The highest BCUT2D eigenvalue weighted by Crippen LogP contribution is 2.28. The molecule has 1 heterocycles. The molecule has 1 fully saturated rings. The first-order valence-corrected chi connectivity index (χ1v) is 6.14. The molecule has 6 heteroatoms. The number of nitrogens with one attached hydrogen (secondary N) is 1. The number of rotatable bonds is 4. The van der Waals surface area contributed by atoms with E-state index in [1.807, 2.05) is 13.0 Å². The minimum atomic E-state index is -0.471. The Bertz CT molecular complexity index is 518. The van der Waals surface area contributed by atoms with Gasteiger partial charge in [-0.15, -0.1) is 0 Å². The van der Waals surface area contributed by atoms with Gasteiger partial charge in [-0.2, -0.15) is 5.26 Å². The second kappa shape index (κ2) is 5.67. The highest BCUT2D eigenvalue weighted by Gasteiger charge is 2.24. The second-order valence-corrected chi connectivity index (χ2v) is 4.66. The molecule has 0 saturated carbocycles. The van der Waals surface area contributed by atoms with Crippen molar-refractivity contribution in [3.05, 3.63) is 33.9 Å². The number of nitro groups is 1. The van der Waals surface area contributed by atoms with Crippen molar-refractivity contribution in [3.63, 3.8) is 0 Å². The predicted octanol–water partition coefficient (Wildman–Crippen LogP) is 2.30. The van der Waals surface area contributed by atoms with E-state index in [0.717, 1.165) is 13.0 Å². The molecular formula is C13H15N3O3. The molecule has 2 atom stereocenters. The Morgan fingerprint density at radius 3 is 3.00 bits per heavy atom. The number of hydrogen-bond acceptors (Lipinski definition) is 5. The first kappa shape index (κ1) is 13.3. The normalized spacial score (nSPS) is 19.7. The van der Waals surface area contributed by atoms with Gasteiger partial charge < -0.3 is 10.1 Å². The first-order chi connectivity index (χ1) is 9.11. The van der Waals surface area contributed by atoms with Crippen LogP contribution in [0.1, 0.15) is 18.9 Å². The maximum atomic E-state index is 11.0. The summed E-state index contributed by atoms with van der Waals surface area (Å²) in [6, 6.07) is 6.45. The molecule has 1 aliphatic heterocycles. The van der Waals surface area contributed by atoms with Gasteiger partial charge in [0.05, 0.1) is 23.2 Å². The number of benzene rings is 1. The zero-order valence-corrected chi connectivity index (χ0v) is 10.6. The fraction of sp³-hybridized carbons (Fsp3) is 0.462. The van der Waals surface area contributed by atoms with E-state index in [2.05, 4.69) is 5.32 Å². The molecule has 1 aromatic carbocycles. The Morgan fingerprint density at radius 1 is 1.63 bits per heavy atom. The minimum absolute atomic E-state index is 0.0650. The molecular weight excluding hydrogens is 246 g/mol. The summed E-state index contributed by atoms with van der Waals surface area (Å²) < 4.78 is 5.31. The molecule has 2 unspecified atom stereocenters. The third kappa shape index (κ3) is 3.01. The van der Waals surface area contributed by atoms with Crippen LogP contribution >= 0.6 is 0 Å². The van der Waals surface area contributed by atoms with Gasteiger partial charge in [-0.05, 0) is 25.5 Å². The number of nitriles is 1. The molecule has 1 N–H and O–H groups in total. The van der Waals surface area contributed by atoms with Crippen LogP contribution in [-0.2, 0) is 4.74 Å². The summed E-state index contributed by atoms with van der Waals surface area (Å²) in [5.74, 6) is 0.357. The summed E-state index contributed by atoms with van der Waals surface area (Å²) in [5, 5.41) is 23.0. The van der Waals surface area contributed by atoms with Crippen molar-refractivity contribution in [3.8, 4) is 6.07 Å². The lowest BCUT2D eigenvalue weighted by atomic mass is 10.0. The van der Waals surface area contributed by atoms with Gasteiger partial charge in [0.15, 0.2) is 0 Å². The van der Waals surface area contributed by atoms with Gasteiger partial charge in [0, 0.05) is 24.6 Å². The third-order valence-electron chi connectivity index (χ3n) is 3.38. The van der Waals surface area contributed by atoms with Crippen LogP contribution in [0.3, 0.4) is 0 Å². The number of ether oxygens (including phenoxy) is 1. The van der Waals surface area contributed by atoms with Gasteiger partial charge in [0.2, 0.25) is 0 Å². The summed E-state index contributed by atoms with van der Waals surface area (Å²) >= 11 is 0. The Hall–Kier alpha value is -2.13. The zero-order valence-electron chi connectivity index (χ0n) is 10.6. The summed E-state index contributed by atoms with van der Waals surface area (Å²) in [5.41, 5.74) is 0.669.